The van der Waals surface area contributed by atoms with Gasteiger partial charge in [-0.2, -0.15) is 20.2 Å². The van der Waals surface area contributed by atoms with E-state index >= 15 is 0 Å². The maximum atomic E-state index is 6.50. The molecule has 0 aliphatic carbocycles. The van der Waals surface area contributed by atoms with Crippen LogP contribution in [-0.2, 0) is 14.1 Å². The first-order chi connectivity index (χ1) is 25.6. The minimum atomic E-state index is 0.0284. The first-order valence-electron chi connectivity index (χ1n) is 18.0. The van der Waals surface area contributed by atoms with Gasteiger partial charge in [-0.25, -0.2) is 9.97 Å². The Morgan fingerprint density at radius 2 is 1.09 bits per heavy atom. The van der Waals surface area contributed by atoms with Crippen molar-refractivity contribution in [2.45, 2.75) is 34.6 Å². The molecule has 0 spiro atoms. The Kier molecular flexibility index (Phi) is 8.88. The van der Waals surface area contributed by atoms with Crippen LogP contribution >= 0.6 is 23.2 Å². The third kappa shape index (κ3) is 6.55. The van der Waals surface area contributed by atoms with Crippen LogP contribution in [-0.4, -0.2) is 102 Å². The quantitative estimate of drug-likeness (QED) is 0.208. The van der Waals surface area contributed by atoms with Crippen molar-refractivity contribution < 1.29 is 4.42 Å². The Morgan fingerprint density at radius 1 is 0.648 bits per heavy atom. The van der Waals surface area contributed by atoms with Crippen LogP contribution in [0.4, 0.5) is 40.9 Å². The highest BCUT2D eigenvalue weighted by Gasteiger charge is 2.59. The number of rotatable bonds is 7. The van der Waals surface area contributed by atoms with Crippen molar-refractivity contribution in [3.8, 4) is 0 Å². The molecular weight excluding hydrogens is 731 g/mol. The van der Waals surface area contributed by atoms with Crippen LogP contribution in [0.3, 0.4) is 0 Å². The lowest BCUT2D eigenvalue weighted by Crippen LogP contribution is -2.34. The Bertz CT molecular complexity index is 2130. The van der Waals surface area contributed by atoms with Gasteiger partial charge in [0.1, 0.15) is 10.0 Å². The molecule has 0 aromatic carbocycles. The summed E-state index contributed by atoms with van der Waals surface area (Å²) in [5, 5.41) is 27.5. The SMILES string of the molecule is Cc1nnc(N2C[C@@]3(C)CN(c4nc(Nc5cnn(C)c5)ncc4Cl)C[C@@]3(C)C2)o1.Cn1cc(Nc2ncc(Cl)c(N3C[C@]4(C)CNC[C@]4(C)C3)n2)cn1. The van der Waals surface area contributed by atoms with Gasteiger partial charge < -0.3 is 35.1 Å². The van der Waals surface area contributed by atoms with Gasteiger partial charge in [-0.15, -0.1) is 5.10 Å². The summed E-state index contributed by atoms with van der Waals surface area (Å²) in [6, 6.07) is 0.596. The van der Waals surface area contributed by atoms with E-state index in [2.05, 4.69) is 93.7 Å². The average molecular weight is 778 g/mol. The van der Waals surface area contributed by atoms with Crippen molar-refractivity contribution in [1.82, 2.24) is 55.0 Å². The zero-order chi connectivity index (χ0) is 38.0. The molecule has 0 bridgehead atoms. The molecule has 4 fully saturated rings. The summed E-state index contributed by atoms with van der Waals surface area (Å²) in [5.74, 6) is 3.16. The van der Waals surface area contributed by atoms with Crippen LogP contribution in [0.25, 0.3) is 0 Å². The van der Waals surface area contributed by atoms with E-state index in [1.165, 1.54) is 0 Å². The van der Waals surface area contributed by atoms with Crippen LogP contribution in [0.5, 0.6) is 0 Å². The van der Waals surface area contributed by atoms with E-state index in [0.29, 0.717) is 33.8 Å². The highest BCUT2D eigenvalue weighted by molar-refractivity contribution is 6.33. The van der Waals surface area contributed by atoms with Gasteiger partial charge in [0.15, 0.2) is 11.6 Å². The van der Waals surface area contributed by atoms with Gasteiger partial charge in [0.05, 0.1) is 36.2 Å². The Morgan fingerprint density at radius 3 is 1.50 bits per heavy atom. The number of hydrogen-bond donors (Lipinski definition) is 3. The van der Waals surface area contributed by atoms with Crippen LogP contribution in [0.15, 0.2) is 41.6 Å². The number of hydrogen-bond acceptors (Lipinski definition) is 15. The summed E-state index contributed by atoms with van der Waals surface area (Å²) in [6.45, 7) is 18.4. The van der Waals surface area contributed by atoms with Gasteiger partial charge in [0.25, 0.3) is 0 Å². The summed E-state index contributed by atoms with van der Waals surface area (Å²) < 4.78 is 9.11. The van der Waals surface area contributed by atoms with E-state index in [1.807, 2.05) is 33.4 Å². The number of fused-ring (bicyclic) bond motifs is 2. The zero-order valence-electron chi connectivity index (χ0n) is 31.6. The van der Waals surface area contributed by atoms with E-state index < -0.39 is 0 Å². The molecule has 5 aromatic heterocycles. The number of aromatic nitrogens is 10. The summed E-state index contributed by atoms with van der Waals surface area (Å²) in [4.78, 5) is 24.7. The second kappa shape index (κ2) is 13.2. The molecule has 17 nitrogen and oxygen atoms in total. The standard InChI is InChI=1S/C19H24ClN9O.C16H22ClN7/c1-12-25-26-17(30-12)29-10-18(2)8-28(9-19(18,3)11-29)15-14(20)6-21-16(24-15)23-13-5-22-27(4)7-13;1-15-7-18-8-16(15,2)10-24(9-15)13-12(17)5-19-14(22-13)21-11-4-20-23(3)6-11/h5-7H,8-11H2,1-4H3,(H,21,23,24);4-6,18H,7-10H2,1-3H3,(H,19,21,22)/t18-,19+;15-,16+. The fourth-order valence-corrected chi connectivity index (χ4v) is 8.87. The van der Waals surface area contributed by atoms with Gasteiger partial charge in [-0.1, -0.05) is 56.0 Å². The zero-order valence-corrected chi connectivity index (χ0v) is 33.1. The van der Waals surface area contributed by atoms with Crippen molar-refractivity contribution in [1.29, 1.82) is 0 Å². The largest absolute Gasteiger partial charge is 0.408 e. The van der Waals surface area contributed by atoms with Gasteiger partial charge >= 0.3 is 6.01 Å². The molecular formula is C35H46Cl2N16O. The lowest BCUT2D eigenvalue weighted by molar-refractivity contribution is 0.212. The Balaban J connectivity index is 0.000000157. The Labute approximate surface area is 323 Å². The smallest absolute Gasteiger partial charge is 0.318 e. The molecule has 4 saturated heterocycles. The maximum absolute atomic E-state index is 6.50. The molecule has 4 atom stereocenters. The fraction of sp³-hybridized carbons (Fsp3) is 0.543. The number of halogens is 2. The van der Waals surface area contributed by atoms with E-state index in [4.69, 9.17) is 32.6 Å². The van der Waals surface area contributed by atoms with Crippen LogP contribution in [0, 0.1) is 28.6 Å². The number of nitrogens with zero attached hydrogens (tertiary/aromatic N) is 13. The highest BCUT2D eigenvalue weighted by Crippen LogP contribution is 2.54. The van der Waals surface area contributed by atoms with Gasteiger partial charge in [0.2, 0.25) is 17.8 Å². The van der Waals surface area contributed by atoms with Gasteiger partial charge in [-0.05, 0) is 0 Å². The predicted molar refractivity (Wildman–Crippen MR) is 208 cm³/mol. The van der Waals surface area contributed by atoms with E-state index in [9.17, 15) is 0 Å². The minimum absolute atomic E-state index is 0.0284. The first kappa shape index (κ1) is 36.2. The second-order valence-electron chi connectivity index (χ2n) is 16.3. The second-order valence-corrected chi connectivity index (χ2v) is 17.1. The molecule has 4 aliphatic rings. The first-order valence-corrected chi connectivity index (χ1v) is 18.7. The molecule has 19 heteroatoms. The Hall–Kier alpha value is -4.74. The monoisotopic (exact) mass is 776 g/mol. The molecule has 5 aromatic rings. The minimum Gasteiger partial charge on any atom is -0.408 e. The summed E-state index contributed by atoms with van der Waals surface area (Å²) >= 11 is 12.9. The maximum Gasteiger partial charge on any atom is 0.318 e. The van der Waals surface area contributed by atoms with Crippen molar-refractivity contribution in [2.24, 2.45) is 35.8 Å². The molecule has 9 heterocycles. The van der Waals surface area contributed by atoms with E-state index in [-0.39, 0.29) is 21.7 Å². The van der Waals surface area contributed by atoms with Crippen molar-refractivity contribution in [3.63, 3.8) is 0 Å². The lowest BCUT2D eigenvalue weighted by Gasteiger charge is -2.30. The fourth-order valence-electron chi connectivity index (χ4n) is 8.45. The summed E-state index contributed by atoms with van der Waals surface area (Å²) in [6.07, 6.45) is 10.5. The molecule has 286 valence electrons. The summed E-state index contributed by atoms with van der Waals surface area (Å²) in [7, 11) is 3.74. The van der Waals surface area contributed by atoms with Crippen molar-refractivity contribution >= 4 is 64.1 Å². The van der Waals surface area contributed by atoms with E-state index in [0.717, 1.165) is 75.4 Å². The number of anilines is 7. The molecule has 0 unspecified atom stereocenters. The summed E-state index contributed by atoms with van der Waals surface area (Å²) in [5.41, 5.74) is 2.21. The number of nitrogens with one attached hydrogen (secondary N) is 3. The lowest BCUT2D eigenvalue weighted by atomic mass is 9.71. The molecule has 3 N–H and O–H groups in total. The molecule has 0 saturated carbocycles. The van der Waals surface area contributed by atoms with Crippen LogP contribution in [0.1, 0.15) is 33.6 Å². The third-order valence-corrected chi connectivity index (χ3v) is 12.5. The van der Waals surface area contributed by atoms with Crippen LogP contribution < -0.4 is 30.7 Å². The molecule has 0 radical (unpaired) electrons. The van der Waals surface area contributed by atoms with Crippen LogP contribution in [0.2, 0.25) is 10.0 Å². The van der Waals surface area contributed by atoms with Gasteiger partial charge in [0, 0.05) is 107 Å². The number of aryl methyl sites for hydroxylation is 3. The topological polar surface area (TPSA) is 172 Å². The van der Waals surface area contributed by atoms with Crippen molar-refractivity contribution in [3.05, 3.63) is 53.1 Å². The molecule has 54 heavy (non-hydrogen) atoms. The molecule has 0 amide bonds. The molecule has 4 aliphatic heterocycles. The third-order valence-electron chi connectivity index (χ3n) is 11.9. The van der Waals surface area contributed by atoms with E-state index in [1.54, 1.807) is 34.2 Å². The molecule has 9 rings (SSSR count). The highest BCUT2D eigenvalue weighted by atomic mass is 35.5. The average Bonchev–Trinajstić information content (AvgIpc) is 3.97. The van der Waals surface area contributed by atoms with Gasteiger partial charge in [-0.3, -0.25) is 9.36 Å². The van der Waals surface area contributed by atoms with Crippen molar-refractivity contribution in [2.75, 3.05) is 77.7 Å². The normalized spacial score (nSPS) is 27.2. The predicted octanol–water partition coefficient (Wildman–Crippen LogP) is 4.69.